The fraction of sp³-hybridized carbons (Fsp3) is 0.941. The van der Waals surface area contributed by atoms with E-state index in [1.165, 1.54) is 32.1 Å². The summed E-state index contributed by atoms with van der Waals surface area (Å²) in [6.07, 6.45) is 7.62. The van der Waals surface area contributed by atoms with Gasteiger partial charge in [-0.2, -0.15) is 0 Å². The number of amides is 1. The average molecular weight is 294 g/mol. The summed E-state index contributed by atoms with van der Waals surface area (Å²) >= 11 is 0. The molecule has 4 nitrogen and oxygen atoms in total. The lowest BCUT2D eigenvalue weighted by molar-refractivity contribution is -0.123. The number of carbonyl (C=O) groups is 1. The van der Waals surface area contributed by atoms with Crippen LogP contribution in [-0.2, 0) is 9.53 Å². The van der Waals surface area contributed by atoms with Gasteiger partial charge in [-0.25, -0.2) is 0 Å². The molecule has 0 aromatic heterocycles. The molecular weight excluding hydrogens is 264 g/mol. The van der Waals surface area contributed by atoms with E-state index in [1.807, 2.05) is 0 Å². The minimum atomic E-state index is 0.300. The lowest BCUT2D eigenvalue weighted by Gasteiger charge is -2.42. The van der Waals surface area contributed by atoms with E-state index in [2.05, 4.69) is 17.1 Å². The van der Waals surface area contributed by atoms with Crippen molar-refractivity contribution in [3.05, 3.63) is 0 Å². The summed E-state index contributed by atoms with van der Waals surface area (Å²) in [6.45, 7) is 8.02. The quantitative estimate of drug-likeness (QED) is 0.843. The summed E-state index contributed by atoms with van der Waals surface area (Å²) in [7, 11) is 0. The van der Waals surface area contributed by atoms with Gasteiger partial charge >= 0.3 is 0 Å². The summed E-state index contributed by atoms with van der Waals surface area (Å²) in [6, 6.07) is 0. The number of carbonyl (C=O) groups excluding carboxylic acids is 1. The normalized spacial score (nSPS) is 32.6. The molecule has 1 amide bonds. The Morgan fingerprint density at radius 1 is 1.24 bits per heavy atom. The van der Waals surface area contributed by atoms with Gasteiger partial charge in [0.25, 0.3) is 0 Å². The third kappa shape index (κ3) is 3.98. The van der Waals surface area contributed by atoms with E-state index < -0.39 is 0 Å². The molecule has 3 fully saturated rings. The van der Waals surface area contributed by atoms with Gasteiger partial charge in [0, 0.05) is 37.5 Å². The second-order valence-electron chi connectivity index (χ2n) is 7.49. The first kappa shape index (κ1) is 15.3. The molecule has 2 saturated carbocycles. The zero-order valence-corrected chi connectivity index (χ0v) is 13.4. The summed E-state index contributed by atoms with van der Waals surface area (Å²) in [4.78, 5) is 14.7. The molecule has 0 unspecified atom stereocenters. The largest absolute Gasteiger partial charge is 0.379 e. The van der Waals surface area contributed by atoms with E-state index in [1.54, 1.807) is 0 Å². The van der Waals surface area contributed by atoms with Crippen LogP contribution in [0.2, 0.25) is 0 Å². The van der Waals surface area contributed by atoms with E-state index in [0.29, 0.717) is 23.2 Å². The molecule has 1 heterocycles. The molecular formula is C17H30N2O2. The van der Waals surface area contributed by atoms with Gasteiger partial charge in [0.15, 0.2) is 0 Å². The van der Waals surface area contributed by atoms with E-state index in [9.17, 15) is 4.79 Å². The average Bonchev–Trinajstić information content (AvgIpc) is 3.24. The maximum Gasteiger partial charge on any atom is 0.223 e. The molecule has 0 aromatic rings. The Hall–Kier alpha value is -0.610. The minimum Gasteiger partial charge on any atom is -0.379 e. The van der Waals surface area contributed by atoms with Crippen molar-refractivity contribution in [2.45, 2.75) is 45.4 Å². The van der Waals surface area contributed by atoms with Crippen LogP contribution in [0.25, 0.3) is 0 Å². The first-order chi connectivity index (χ1) is 10.2. The first-order valence-corrected chi connectivity index (χ1v) is 8.76. The molecule has 21 heavy (non-hydrogen) atoms. The van der Waals surface area contributed by atoms with Crippen LogP contribution in [0, 0.1) is 17.3 Å². The fourth-order valence-electron chi connectivity index (χ4n) is 4.02. The zero-order chi connectivity index (χ0) is 14.7. The number of hydrogen-bond donors (Lipinski definition) is 1. The summed E-state index contributed by atoms with van der Waals surface area (Å²) in [5.41, 5.74) is 0.309. The molecule has 0 bridgehead atoms. The summed E-state index contributed by atoms with van der Waals surface area (Å²) < 4.78 is 5.46. The molecule has 3 rings (SSSR count). The zero-order valence-electron chi connectivity index (χ0n) is 13.4. The Balaban J connectivity index is 1.55. The highest BCUT2D eigenvalue weighted by molar-refractivity contribution is 5.81. The van der Waals surface area contributed by atoms with Gasteiger partial charge < -0.3 is 10.1 Å². The second-order valence-corrected chi connectivity index (χ2v) is 7.49. The minimum absolute atomic E-state index is 0.300. The van der Waals surface area contributed by atoms with Gasteiger partial charge in [0.1, 0.15) is 0 Å². The van der Waals surface area contributed by atoms with Crippen LogP contribution in [0.15, 0.2) is 0 Å². The van der Waals surface area contributed by atoms with Crippen LogP contribution in [0.3, 0.4) is 0 Å². The third-order valence-electron chi connectivity index (χ3n) is 5.66. The van der Waals surface area contributed by atoms with Crippen LogP contribution < -0.4 is 5.32 Å². The Bertz CT molecular complexity index is 360. The molecule has 3 aliphatic rings. The van der Waals surface area contributed by atoms with Crippen LogP contribution in [0.5, 0.6) is 0 Å². The maximum absolute atomic E-state index is 12.1. The number of ether oxygens (including phenoxy) is 1. The maximum atomic E-state index is 12.1. The van der Waals surface area contributed by atoms with Crippen molar-refractivity contribution in [3.8, 4) is 0 Å². The number of morpholine rings is 1. The number of hydrogen-bond acceptors (Lipinski definition) is 3. The van der Waals surface area contributed by atoms with Crippen molar-refractivity contribution in [1.82, 2.24) is 10.2 Å². The van der Waals surface area contributed by atoms with Gasteiger partial charge in [-0.15, -0.1) is 0 Å². The second kappa shape index (κ2) is 6.66. The molecule has 0 aromatic carbocycles. The highest BCUT2D eigenvalue weighted by Crippen LogP contribution is 2.39. The molecule has 0 spiro atoms. The monoisotopic (exact) mass is 294 g/mol. The van der Waals surface area contributed by atoms with E-state index in [0.717, 1.165) is 45.8 Å². The molecule has 2 aliphatic carbocycles. The molecule has 2 atom stereocenters. The van der Waals surface area contributed by atoms with E-state index >= 15 is 0 Å². The summed E-state index contributed by atoms with van der Waals surface area (Å²) in [5.74, 6) is 1.20. The number of nitrogens with zero attached hydrogens (tertiary/aromatic N) is 1. The Kier molecular flexibility index (Phi) is 4.85. The SMILES string of the molecule is C[C@H]1C[C@H]1C(=O)NCC1(CN2CCOCC2)CCCCC1. The Morgan fingerprint density at radius 3 is 2.52 bits per heavy atom. The molecule has 1 saturated heterocycles. The summed E-state index contributed by atoms with van der Waals surface area (Å²) in [5, 5.41) is 3.28. The fourth-order valence-corrected chi connectivity index (χ4v) is 4.02. The molecule has 120 valence electrons. The van der Waals surface area contributed by atoms with Crippen molar-refractivity contribution >= 4 is 5.91 Å². The van der Waals surface area contributed by atoms with Crippen LogP contribution in [-0.4, -0.2) is 50.2 Å². The number of rotatable bonds is 5. The van der Waals surface area contributed by atoms with Crippen molar-refractivity contribution in [3.63, 3.8) is 0 Å². The van der Waals surface area contributed by atoms with Gasteiger partial charge in [-0.1, -0.05) is 26.2 Å². The standard InChI is InChI=1S/C17H30N2O2/c1-14-11-15(14)16(20)18-12-17(5-3-2-4-6-17)13-19-7-9-21-10-8-19/h14-15H,2-13H2,1H3,(H,18,20)/t14-,15+/m0/s1. The van der Waals surface area contributed by atoms with E-state index in [-0.39, 0.29) is 0 Å². The highest BCUT2D eigenvalue weighted by atomic mass is 16.5. The molecule has 4 heteroatoms. The van der Waals surface area contributed by atoms with Crippen molar-refractivity contribution in [2.75, 3.05) is 39.4 Å². The smallest absolute Gasteiger partial charge is 0.223 e. The Labute approximate surface area is 128 Å². The van der Waals surface area contributed by atoms with Crippen LogP contribution in [0.4, 0.5) is 0 Å². The van der Waals surface area contributed by atoms with Gasteiger partial charge in [0.05, 0.1) is 13.2 Å². The van der Waals surface area contributed by atoms with Gasteiger partial charge in [-0.05, 0) is 25.2 Å². The Morgan fingerprint density at radius 2 is 1.90 bits per heavy atom. The lowest BCUT2D eigenvalue weighted by atomic mass is 9.73. The van der Waals surface area contributed by atoms with E-state index in [4.69, 9.17) is 4.74 Å². The highest BCUT2D eigenvalue weighted by Gasteiger charge is 2.41. The van der Waals surface area contributed by atoms with Crippen LogP contribution in [0.1, 0.15) is 45.4 Å². The predicted octanol–water partition coefficient (Wildman–Crippen LogP) is 2.04. The lowest BCUT2D eigenvalue weighted by Crippen LogP contribution is -2.49. The topological polar surface area (TPSA) is 41.6 Å². The van der Waals surface area contributed by atoms with Crippen LogP contribution >= 0.6 is 0 Å². The first-order valence-electron chi connectivity index (χ1n) is 8.76. The van der Waals surface area contributed by atoms with Gasteiger partial charge in [0.2, 0.25) is 5.91 Å². The molecule has 1 aliphatic heterocycles. The van der Waals surface area contributed by atoms with Gasteiger partial charge in [-0.3, -0.25) is 9.69 Å². The molecule has 1 N–H and O–H groups in total. The third-order valence-corrected chi connectivity index (χ3v) is 5.66. The number of nitrogens with one attached hydrogen (secondary N) is 1. The van der Waals surface area contributed by atoms with Crippen molar-refractivity contribution in [1.29, 1.82) is 0 Å². The van der Waals surface area contributed by atoms with Crippen molar-refractivity contribution in [2.24, 2.45) is 17.3 Å². The predicted molar refractivity (Wildman–Crippen MR) is 83.1 cm³/mol. The van der Waals surface area contributed by atoms with Crippen molar-refractivity contribution < 1.29 is 9.53 Å². The molecule has 0 radical (unpaired) electrons.